The number of benzene rings is 3. The standard InChI is InChI=1S/C37H45N6O9P/c1-2-15-41-27-35(44)42-33(23-28-11-13-31(14-12-28)52-53(47,48)49)36(45)40(26-34(42)43(41)37(46)38-24-29-7-4-3-5-8-29)25-30-9-6-10-32(22-30)51-21-18-39-16-19-50-20-17-39/h2-14,22,33-34H,1,15-21,23-27H2,(H,38,46)(H2,47,48,49)/t33-,34-/m0/s1. The SMILES string of the molecule is C=CCN1CC(=O)N2[C@@H](Cc3ccc(OP(=O)(O)O)cc3)C(=O)N(Cc3cccc(OCCN4CCOCC4)c3)C[C@@H]2N1C(=O)NCc1ccccc1. The summed E-state index contributed by atoms with van der Waals surface area (Å²) in [5, 5.41) is 6.14. The van der Waals surface area contributed by atoms with Crippen molar-refractivity contribution in [2.45, 2.75) is 31.7 Å². The summed E-state index contributed by atoms with van der Waals surface area (Å²) in [6.45, 7) is 8.81. The van der Waals surface area contributed by atoms with Crippen LogP contribution in [0.25, 0.3) is 0 Å². The molecule has 6 rings (SSSR count). The second kappa shape index (κ2) is 17.4. The zero-order chi connectivity index (χ0) is 37.4. The van der Waals surface area contributed by atoms with Crippen molar-refractivity contribution in [1.82, 2.24) is 30.0 Å². The van der Waals surface area contributed by atoms with Crippen LogP contribution in [0.4, 0.5) is 4.79 Å². The number of fused-ring (bicyclic) bond motifs is 1. The lowest BCUT2D eigenvalue weighted by Gasteiger charge is -2.55. The number of urea groups is 1. The van der Waals surface area contributed by atoms with Crippen LogP contribution >= 0.6 is 7.82 Å². The number of carbonyl (C=O) groups is 3. The van der Waals surface area contributed by atoms with Crippen LogP contribution in [0.5, 0.6) is 11.5 Å². The van der Waals surface area contributed by atoms with Gasteiger partial charge in [-0.15, -0.1) is 6.58 Å². The fourth-order valence-electron chi connectivity index (χ4n) is 6.82. The Labute approximate surface area is 308 Å². The van der Waals surface area contributed by atoms with E-state index in [1.165, 1.54) is 22.0 Å². The number of nitrogens with zero attached hydrogens (tertiary/aromatic N) is 5. The van der Waals surface area contributed by atoms with E-state index < -0.39 is 26.1 Å². The summed E-state index contributed by atoms with van der Waals surface area (Å²) in [5.41, 5.74) is 2.34. The molecule has 0 aliphatic carbocycles. The molecule has 3 N–H and O–H groups in total. The molecule has 3 aliphatic heterocycles. The van der Waals surface area contributed by atoms with Crippen molar-refractivity contribution in [2.24, 2.45) is 0 Å². The van der Waals surface area contributed by atoms with Gasteiger partial charge >= 0.3 is 13.9 Å². The van der Waals surface area contributed by atoms with Gasteiger partial charge in [0.25, 0.3) is 0 Å². The zero-order valence-corrected chi connectivity index (χ0v) is 30.3. The van der Waals surface area contributed by atoms with Crippen molar-refractivity contribution in [3.8, 4) is 11.5 Å². The maximum Gasteiger partial charge on any atom is 0.524 e. The monoisotopic (exact) mass is 748 g/mol. The van der Waals surface area contributed by atoms with E-state index in [4.69, 9.17) is 14.0 Å². The molecule has 0 bridgehead atoms. The molecule has 2 atom stereocenters. The van der Waals surface area contributed by atoms with Crippen molar-refractivity contribution < 1.29 is 42.7 Å². The van der Waals surface area contributed by atoms with Crippen molar-refractivity contribution in [2.75, 3.05) is 59.1 Å². The Hall–Kier alpha value is -4.76. The number of amides is 4. The normalized spacial score (nSPS) is 19.8. The molecule has 3 heterocycles. The molecule has 3 saturated heterocycles. The molecule has 3 aromatic rings. The minimum absolute atomic E-state index is 0.0426. The quantitative estimate of drug-likeness (QED) is 0.164. The molecule has 3 aromatic carbocycles. The van der Waals surface area contributed by atoms with Crippen LogP contribution in [0.15, 0.2) is 91.5 Å². The lowest BCUT2D eigenvalue weighted by Crippen LogP contribution is -2.76. The number of morpholine rings is 1. The van der Waals surface area contributed by atoms with Gasteiger partial charge in [0.1, 0.15) is 30.3 Å². The molecule has 0 saturated carbocycles. The van der Waals surface area contributed by atoms with Gasteiger partial charge in [-0.05, 0) is 41.0 Å². The second-order valence-corrected chi connectivity index (χ2v) is 14.2. The minimum Gasteiger partial charge on any atom is -0.492 e. The van der Waals surface area contributed by atoms with E-state index >= 15 is 0 Å². The molecule has 0 aromatic heterocycles. The van der Waals surface area contributed by atoms with Crippen molar-refractivity contribution in [3.63, 3.8) is 0 Å². The first-order chi connectivity index (χ1) is 25.6. The predicted octanol–water partition coefficient (Wildman–Crippen LogP) is 2.61. The summed E-state index contributed by atoms with van der Waals surface area (Å²) in [7, 11) is -4.77. The largest absolute Gasteiger partial charge is 0.524 e. The van der Waals surface area contributed by atoms with E-state index in [0.29, 0.717) is 31.1 Å². The van der Waals surface area contributed by atoms with Crippen LogP contribution in [-0.4, -0.2) is 124 Å². The molecule has 53 heavy (non-hydrogen) atoms. The first-order valence-corrected chi connectivity index (χ1v) is 19.0. The third-order valence-electron chi connectivity index (χ3n) is 9.29. The molecule has 0 radical (unpaired) electrons. The fourth-order valence-corrected chi connectivity index (χ4v) is 7.21. The Kier molecular flexibility index (Phi) is 12.5. The highest BCUT2D eigenvalue weighted by Crippen LogP contribution is 2.37. The van der Waals surface area contributed by atoms with Crippen LogP contribution in [0.2, 0.25) is 0 Å². The first-order valence-electron chi connectivity index (χ1n) is 17.5. The number of carbonyl (C=O) groups excluding carboxylic acids is 3. The molecular weight excluding hydrogens is 703 g/mol. The number of piperazine rings is 1. The Morgan fingerprint density at radius 2 is 1.70 bits per heavy atom. The Bertz CT molecular complexity index is 1790. The predicted molar refractivity (Wildman–Crippen MR) is 194 cm³/mol. The number of nitrogens with one attached hydrogen (secondary N) is 1. The summed E-state index contributed by atoms with van der Waals surface area (Å²) in [6, 6.07) is 21.6. The molecular formula is C37H45N6O9P. The average molecular weight is 749 g/mol. The van der Waals surface area contributed by atoms with Gasteiger partial charge in [-0.25, -0.2) is 19.4 Å². The van der Waals surface area contributed by atoms with E-state index in [2.05, 4.69) is 16.8 Å². The Balaban J connectivity index is 1.26. The molecule has 282 valence electrons. The molecule has 0 spiro atoms. The van der Waals surface area contributed by atoms with Crippen LogP contribution in [0, 0.1) is 0 Å². The number of phosphoric acid groups is 1. The number of hydrazine groups is 1. The molecule has 4 amide bonds. The van der Waals surface area contributed by atoms with E-state index in [1.807, 2.05) is 54.6 Å². The van der Waals surface area contributed by atoms with Crippen LogP contribution in [0.1, 0.15) is 16.7 Å². The topological polar surface area (TPSA) is 165 Å². The molecule has 3 fully saturated rings. The Morgan fingerprint density at radius 3 is 2.42 bits per heavy atom. The lowest BCUT2D eigenvalue weighted by molar-refractivity contribution is -0.189. The summed E-state index contributed by atoms with van der Waals surface area (Å²) < 4.78 is 27.6. The van der Waals surface area contributed by atoms with Gasteiger partial charge < -0.3 is 29.1 Å². The first kappa shape index (κ1) is 38.0. The molecule has 15 nitrogen and oxygen atoms in total. The van der Waals surface area contributed by atoms with Gasteiger partial charge in [0, 0.05) is 45.7 Å². The molecule has 0 unspecified atom stereocenters. The highest BCUT2D eigenvalue weighted by molar-refractivity contribution is 7.46. The third kappa shape index (κ3) is 10.0. The Morgan fingerprint density at radius 1 is 0.962 bits per heavy atom. The maximum absolute atomic E-state index is 14.4. The van der Waals surface area contributed by atoms with E-state index in [-0.39, 0.29) is 56.7 Å². The van der Waals surface area contributed by atoms with Gasteiger partial charge in [-0.1, -0.05) is 60.7 Å². The summed E-state index contributed by atoms with van der Waals surface area (Å²) in [6.07, 6.45) is 0.856. The van der Waals surface area contributed by atoms with Gasteiger partial charge in [0.2, 0.25) is 11.8 Å². The minimum atomic E-state index is -4.77. The van der Waals surface area contributed by atoms with Gasteiger partial charge in [-0.2, -0.15) is 0 Å². The summed E-state index contributed by atoms with van der Waals surface area (Å²) in [4.78, 5) is 66.3. The molecule has 16 heteroatoms. The fraction of sp³-hybridized carbons (Fsp3) is 0.378. The zero-order valence-electron chi connectivity index (χ0n) is 29.4. The summed E-state index contributed by atoms with van der Waals surface area (Å²) >= 11 is 0. The van der Waals surface area contributed by atoms with Crippen molar-refractivity contribution >= 4 is 25.7 Å². The average Bonchev–Trinajstić information content (AvgIpc) is 3.14. The van der Waals surface area contributed by atoms with E-state index in [1.54, 1.807) is 28.1 Å². The third-order valence-corrected chi connectivity index (χ3v) is 9.74. The number of ether oxygens (including phenoxy) is 2. The van der Waals surface area contributed by atoms with Crippen molar-refractivity contribution in [3.05, 3.63) is 108 Å². The summed E-state index contributed by atoms with van der Waals surface area (Å²) in [5.74, 6) is 0.00610. The highest BCUT2D eigenvalue weighted by Gasteiger charge is 2.51. The van der Waals surface area contributed by atoms with Crippen LogP contribution in [-0.2, 0) is 38.4 Å². The number of phosphoric ester groups is 1. The number of rotatable bonds is 14. The number of hydrogen-bond acceptors (Lipinski definition) is 9. The lowest BCUT2D eigenvalue weighted by atomic mass is 9.98. The van der Waals surface area contributed by atoms with Gasteiger partial charge in [-0.3, -0.25) is 24.3 Å². The van der Waals surface area contributed by atoms with E-state index in [0.717, 1.165) is 30.8 Å². The van der Waals surface area contributed by atoms with Gasteiger partial charge in [0.05, 0.1) is 26.3 Å². The smallest absolute Gasteiger partial charge is 0.492 e. The second-order valence-electron chi connectivity index (χ2n) is 13.0. The van der Waals surface area contributed by atoms with E-state index in [9.17, 15) is 28.7 Å². The van der Waals surface area contributed by atoms with Crippen LogP contribution in [0.3, 0.4) is 0 Å². The van der Waals surface area contributed by atoms with Gasteiger partial charge in [0.15, 0.2) is 0 Å². The molecule has 3 aliphatic rings. The highest BCUT2D eigenvalue weighted by atomic mass is 31.2. The van der Waals surface area contributed by atoms with Crippen molar-refractivity contribution in [1.29, 1.82) is 0 Å². The van der Waals surface area contributed by atoms with Crippen LogP contribution < -0.4 is 14.6 Å². The maximum atomic E-state index is 14.4. The number of hydrogen-bond donors (Lipinski definition) is 3.